The first-order valence-electron chi connectivity index (χ1n) is 6.63. The van der Waals surface area contributed by atoms with Crippen molar-refractivity contribution in [1.82, 2.24) is 4.90 Å². The third-order valence-electron chi connectivity index (χ3n) is 3.61. The summed E-state index contributed by atoms with van der Waals surface area (Å²) in [6, 6.07) is 11.1. The molecule has 2 rings (SSSR count). The molecule has 1 fully saturated rings. The summed E-state index contributed by atoms with van der Waals surface area (Å²) in [4.78, 5) is 2.41. The second-order valence-corrected chi connectivity index (χ2v) is 5.34. The van der Waals surface area contributed by atoms with Gasteiger partial charge in [-0.1, -0.05) is 30.3 Å². The van der Waals surface area contributed by atoms with E-state index in [4.69, 9.17) is 0 Å². The monoisotopic (exact) mass is 233 g/mol. The van der Waals surface area contributed by atoms with Crippen molar-refractivity contribution < 1.29 is 5.11 Å². The second-order valence-electron chi connectivity index (χ2n) is 5.34. The smallest absolute Gasteiger partial charge is 0.0639 e. The molecular weight excluding hydrogens is 210 g/mol. The van der Waals surface area contributed by atoms with Gasteiger partial charge in [0.25, 0.3) is 0 Å². The van der Waals surface area contributed by atoms with Gasteiger partial charge in [0.2, 0.25) is 0 Å². The highest BCUT2D eigenvalue weighted by Gasteiger charge is 2.32. The molecule has 1 saturated carbocycles. The fraction of sp³-hybridized carbons (Fsp3) is 0.600. The third kappa shape index (κ3) is 3.83. The molecule has 2 atom stereocenters. The Labute approximate surface area is 104 Å². The van der Waals surface area contributed by atoms with Gasteiger partial charge in [0, 0.05) is 19.1 Å². The lowest BCUT2D eigenvalue weighted by Crippen LogP contribution is -2.38. The van der Waals surface area contributed by atoms with Crippen molar-refractivity contribution >= 4 is 0 Å². The standard InChI is InChI=1S/C15H23NO/c1-12(17)10-16(13(2)15-8-9-15)11-14-6-4-3-5-7-14/h3-7,12-13,15,17H,8-11H2,1-2H3/t12-,13?/m1/s1. The first-order chi connectivity index (χ1) is 8.16. The van der Waals surface area contributed by atoms with Crippen LogP contribution in [0.15, 0.2) is 30.3 Å². The molecule has 1 aliphatic rings. The lowest BCUT2D eigenvalue weighted by molar-refractivity contribution is 0.0902. The highest BCUT2D eigenvalue weighted by Crippen LogP contribution is 2.35. The molecule has 0 aromatic heterocycles. The molecule has 2 heteroatoms. The minimum absolute atomic E-state index is 0.250. The van der Waals surface area contributed by atoms with E-state index in [1.54, 1.807) is 0 Å². The minimum atomic E-state index is -0.250. The first-order valence-corrected chi connectivity index (χ1v) is 6.63. The van der Waals surface area contributed by atoms with Gasteiger partial charge in [0.15, 0.2) is 0 Å². The van der Waals surface area contributed by atoms with Gasteiger partial charge >= 0.3 is 0 Å². The molecular formula is C15H23NO. The zero-order valence-corrected chi connectivity index (χ0v) is 10.8. The molecule has 1 aromatic rings. The molecule has 0 aliphatic heterocycles. The van der Waals surface area contributed by atoms with Crippen LogP contribution in [0.4, 0.5) is 0 Å². The fourth-order valence-electron chi connectivity index (χ4n) is 2.41. The Morgan fingerprint density at radius 3 is 2.41 bits per heavy atom. The van der Waals surface area contributed by atoms with Crippen molar-refractivity contribution in [1.29, 1.82) is 0 Å². The number of aliphatic hydroxyl groups excluding tert-OH is 1. The maximum absolute atomic E-state index is 9.61. The van der Waals surface area contributed by atoms with Crippen molar-refractivity contribution in [3.63, 3.8) is 0 Å². The summed E-state index contributed by atoms with van der Waals surface area (Å²) in [5, 5.41) is 9.61. The summed E-state index contributed by atoms with van der Waals surface area (Å²) in [5.41, 5.74) is 1.33. The molecule has 1 N–H and O–H groups in total. The van der Waals surface area contributed by atoms with E-state index < -0.39 is 0 Å². The summed E-state index contributed by atoms with van der Waals surface area (Å²) in [5.74, 6) is 0.845. The number of rotatable bonds is 6. The molecule has 2 nitrogen and oxygen atoms in total. The van der Waals surface area contributed by atoms with Crippen LogP contribution >= 0.6 is 0 Å². The van der Waals surface area contributed by atoms with Crippen LogP contribution in [0.2, 0.25) is 0 Å². The zero-order chi connectivity index (χ0) is 12.3. The van der Waals surface area contributed by atoms with Crippen LogP contribution in [0.25, 0.3) is 0 Å². The Kier molecular flexibility index (Phi) is 4.19. The Morgan fingerprint density at radius 1 is 1.24 bits per heavy atom. The van der Waals surface area contributed by atoms with Crippen LogP contribution in [0.5, 0.6) is 0 Å². The van der Waals surface area contributed by atoms with Gasteiger partial charge in [-0.05, 0) is 38.2 Å². The molecule has 0 radical (unpaired) electrons. The lowest BCUT2D eigenvalue weighted by atomic mass is 10.1. The van der Waals surface area contributed by atoms with Gasteiger partial charge in [-0.3, -0.25) is 4.90 Å². The maximum atomic E-state index is 9.61. The van der Waals surface area contributed by atoms with E-state index in [1.165, 1.54) is 18.4 Å². The molecule has 1 aromatic carbocycles. The Morgan fingerprint density at radius 2 is 1.88 bits per heavy atom. The molecule has 0 amide bonds. The van der Waals surface area contributed by atoms with E-state index in [9.17, 15) is 5.11 Å². The molecule has 0 bridgehead atoms. The number of hydrogen-bond acceptors (Lipinski definition) is 2. The number of nitrogens with zero attached hydrogens (tertiary/aromatic N) is 1. The predicted molar refractivity (Wildman–Crippen MR) is 70.7 cm³/mol. The molecule has 0 heterocycles. The van der Waals surface area contributed by atoms with Crippen molar-refractivity contribution in [3.8, 4) is 0 Å². The van der Waals surface area contributed by atoms with E-state index in [0.29, 0.717) is 6.04 Å². The minimum Gasteiger partial charge on any atom is -0.392 e. The fourth-order valence-corrected chi connectivity index (χ4v) is 2.41. The molecule has 0 spiro atoms. The summed E-state index contributed by atoms with van der Waals surface area (Å²) in [6.45, 7) is 5.89. The summed E-state index contributed by atoms with van der Waals surface area (Å²) < 4.78 is 0. The normalized spacial score (nSPS) is 19.3. The van der Waals surface area contributed by atoms with Crippen LogP contribution in [0.1, 0.15) is 32.3 Å². The summed E-state index contributed by atoms with van der Waals surface area (Å²) >= 11 is 0. The van der Waals surface area contributed by atoms with Crippen LogP contribution < -0.4 is 0 Å². The Hall–Kier alpha value is -0.860. The zero-order valence-electron chi connectivity index (χ0n) is 10.8. The maximum Gasteiger partial charge on any atom is 0.0639 e. The van der Waals surface area contributed by atoms with Crippen molar-refractivity contribution in [3.05, 3.63) is 35.9 Å². The third-order valence-corrected chi connectivity index (χ3v) is 3.61. The molecule has 17 heavy (non-hydrogen) atoms. The largest absolute Gasteiger partial charge is 0.392 e. The number of aliphatic hydroxyl groups is 1. The highest BCUT2D eigenvalue weighted by atomic mass is 16.3. The predicted octanol–water partition coefficient (Wildman–Crippen LogP) is 2.67. The van der Waals surface area contributed by atoms with E-state index in [2.05, 4.69) is 36.1 Å². The average Bonchev–Trinajstić information content (AvgIpc) is 3.12. The van der Waals surface area contributed by atoms with Crippen molar-refractivity contribution in [2.24, 2.45) is 5.92 Å². The van der Waals surface area contributed by atoms with E-state index >= 15 is 0 Å². The van der Waals surface area contributed by atoms with Gasteiger partial charge in [-0.15, -0.1) is 0 Å². The number of hydrogen-bond donors (Lipinski definition) is 1. The highest BCUT2D eigenvalue weighted by molar-refractivity contribution is 5.14. The number of benzene rings is 1. The van der Waals surface area contributed by atoms with E-state index in [1.807, 2.05) is 13.0 Å². The Bertz CT molecular complexity index is 332. The lowest BCUT2D eigenvalue weighted by Gasteiger charge is -2.30. The van der Waals surface area contributed by atoms with Crippen molar-refractivity contribution in [2.75, 3.05) is 6.54 Å². The topological polar surface area (TPSA) is 23.5 Å². The van der Waals surface area contributed by atoms with Gasteiger partial charge in [-0.25, -0.2) is 0 Å². The molecule has 1 unspecified atom stereocenters. The van der Waals surface area contributed by atoms with E-state index in [-0.39, 0.29) is 6.10 Å². The quantitative estimate of drug-likeness (QED) is 0.816. The SMILES string of the molecule is CC(C1CC1)N(Cc1ccccc1)C[C@@H](C)O. The summed E-state index contributed by atoms with van der Waals surface area (Å²) in [7, 11) is 0. The van der Waals surface area contributed by atoms with E-state index in [0.717, 1.165) is 19.0 Å². The van der Waals surface area contributed by atoms with Gasteiger partial charge in [-0.2, -0.15) is 0 Å². The van der Waals surface area contributed by atoms with Crippen molar-refractivity contribution in [2.45, 2.75) is 45.4 Å². The van der Waals surface area contributed by atoms with Gasteiger partial charge in [0.05, 0.1) is 6.10 Å². The average molecular weight is 233 g/mol. The molecule has 1 aliphatic carbocycles. The first kappa shape index (κ1) is 12.6. The molecule has 0 saturated heterocycles. The van der Waals surface area contributed by atoms with Crippen LogP contribution in [0.3, 0.4) is 0 Å². The van der Waals surface area contributed by atoms with Gasteiger partial charge < -0.3 is 5.11 Å². The summed E-state index contributed by atoms with van der Waals surface area (Å²) in [6.07, 6.45) is 2.46. The molecule has 94 valence electrons. The van der Waals surface area contributed by atoms with Crippen LogP contribution in [0, 0.1) is 5.92 Å². The van der Waals surface area contributed by atoms with Crippen LogP contribution in [-0.4, -0.2) is 28.7 Å². The van der Waals surface area contributed by atoms with Gasteiger partial charge in [0.1, 0.15) is 0 Å². The Balaban J connectivity index is 1.99. The van der Waals surface area contributed by atoms with Crippen LogP contribution in [-0.2, 0) is 6.54 Å². The second kappa shape index (κ2) is 5.65.